The Labute approximate surface area is 275 Å². The molecule has 0 saturated carbocycles. The number of anilines is 1. The highest BCUT2D eigenvalue weighted by molar-refractivity contribution is 7.07. The molecule has 242 valence electrons. The lowest BCUT2D eigenvalue weighted by molar-refractivity contribution is -0.137. The van der Waals surface area contributed by atoms with E-state index in [4.69, 9.17) is 23.9 Å². The van der Waals surface area contributed by atoms with Crippen LogP contribution in [0.15, 0.2) is 93.9 Å². The SMILES string of the molecule is COc1cccc([C@H]2C(C(=O)Nc3ccccc3)=C(C)N=c3s/c(=C/c4ccc(OCC(=O)N5CCOCC5)c(OC)c4)c(=O)n32)c1. The van der Waals surface area contributed by atoms with Crippen molar-refractivity contribution in [3.8, 4) is 17.2 Å². The molecule has 0 aliphatic carbocycles. The van der Waals surface area contributed by atoms with Gasteiger partial charge in [-0.2, -0.15) is 0 Å². The number of carbonyl (C=O) groups excluding carboxylic acids is 2. The fourth-order valence-electron chi connectivity index (χ4n) is 5.55. The lowest BCUT2D eigenvalue weighted by Crippen LogP contribution is -2.43. The highest BCUT2D eigenvalue weighted by Gasteiger charge is 2.33. The molecular formula is C35H34N4O7S. The first-order valence-electron chi connectivity index (χ1n) is 15.1. The van der Waals surface area contributed by atoms with Gasteiger partial charge in [0.15, 0.2) is 22.9 Å². The van der Waals surface area contributed by atoms with Gasteiger partial charge in [-0.15, -0.1) is 0 Å². The highest BCUT2D eigenvalue weighted by Crippen LogP contribution is 2.33. The van der Waals surface area contributed by atoms with Crippen molar-refractivity contribution in [2.24, 2.45) is 4.99 Å². The van der Waals surface area contributed by atoms with Gasteiger partial charge in [-0.3, -0.25) is 19.0 Å². The smallest absolute Gasteiger partial charge is 0.271 e. The van der Waals surface area contributed by atoms with Crippen LogP contribution in [0.2, 0.25) is 0 Å². The Kier molecular flexibility index (Phi) is 9.50. The lowest BCUT2D eigenvalue weighted by atomic mass is 9.95. The normalized spacial score (nSPS) is 16.3. The van der Waals surface area contributed by atoms with Gasteiger partial charge in [-0.05, 0) is 60.5 Å². The van der Waals surface area contributed by atoms with E-state index in [1.54, 1.807) is 59.9 Å². The first-order valence-corrected chi connectivity index (χ1v) is 15.9. The van der Waals surface area contributed by atoms with Gasteiger partial charge >= 0.3 is 0 Å². The molecule has 0 bridgehead atoms. The molecule has 1 atom stereocenters. The van der Waals surface area contributed by atoms with Crippen LogP contribution in [0.3, 0.4) is 0 Å². The monoisotopic (exact) mass is 654 g/mol. The molecule has 1 saturated heterocycles. The van der Waals surface area contributed by atoms with E-state index in [0.29, 0.717) is 81.0 Å². The van der Waals surface area contributed by atoms with Crippen molar-refractivity contribution in [2.45, 2.75) is 13.0 Å². The van der Waals surface area contributed by atoms with Crippen molar-refractivity contribution >= 4 is 34.9 Å². The summed E-state index contributed by atoms with van der Waals surface area (Å²) in [4.78, 5) is 47.4. The number of thiazole rings is 1. The fourth-order valence-corrected chi connectivity index (χ4v) is 6.59. The summed E-state index contributed by atoms with van der Waals surface area (Å²) >= 11 is 1.23. The molecule has 0 unspecified atom stereocenters. The van der Waals surface area contributed by atoms with Crippen molar-refractivity contribution in [3.63, 3.8) is 0 Å². The summed E-state index contributed by atoms with van der Waals surface area (Å²) in [5.41, 5.74) is 2.60. The molecule has 3 aromatic carbocycles. The molecule has 1 aromatic heterocycles. The van der Waals surface area contributed by atoms with E-state index < -0.39 is 6.04 Å². The number of hydrogen-bond donors (Lipinski definition) is 1. The van der Waals surface area contributed by atoms with Crippen LogP contribution in [0.5, 0.6) is 17.2 Å². The molecule has 47 heavy (non-hydrogen) atoms. The molecule has 1 fully saturated rings. The summed E-state index contributed by atoms with van der Waals surface area (Å²) in [6.45, 7) is 3.74. The minimum atomic E-state index is -0.749. The third-order valence-corrected chi connectivity index (χ3v) is 8.89. The molecule has 0 spiro atoms. The maximum atomic E-state index is 14.1. The lowest BCUT2D eigenvalue weighted by Gasteiger charge is -2.26. The van der Waals surface area contributed by atoms with Gasteiger partial charge in [0.2, 0.25) is 0 Å². The highest BCUT2D eigenvalue weighted by atomic mass is 32.1. The molecule has 2 aliphatic rings. The van der Waals surface area contributed by atoms with E-state index in [9.17, 15) is 14.4 Å². The summed E-state index contributed by atoms with van der Waals surface area (Å²) < 4.78 is 24.1. The maximum Gasteiger partial charge on any atom is 0.271 e. The third-order valence-electron chi connectivity index (χ3n) is 7.91. The van der Waals surface area contributed by atoms with E-state index in [-0.39, 0.29) is 24.0 Å². The summed E-state index contributed by atoms with van der Waals surface area (Å²) in [6, 6.07) is 21.0. The van der Waals surface area contributed by atoms with E-state index in [1.807, 2.05) is 42.5 Å². The summed E-state index contributed by atoms with van der Waals surface area (Å²) in [7, 11) is 3.09. The number of nitrogens with zero attached hydrogens (tertiary/aromatic N) is 3. The van der Waals surface area contributed by atoms with Crippen LogP contribution in [0.4, 0.5) is 5.69 Å². The van der Waals surface area contributed by atoms with Gasteiger partial charge in [0.25, 0.3) is 17.4 Å². The van der Waals surface area contributed by atoms with Gasteiger partial charge in [0.1, 0.15) is 5.75 Å². The van der Waals surface area contributed by atoms with Crippen molar-refractivity contribution in [3.05, 3.63) is 115 Å². The Morgan fingerprint density at radius 1 is 1.00 bits per heavy atom. The number of aromatic nitrogens is 1. The average Bonchev–Trinajstić information content (AvgIpc) is 3.40. The Hall–Kier alpha value is -5.20. The topological polar surface area (TPSA) is 121 Å². The maximum absolute atomic E-state index is 14.1. The van der Waals surface area contributed by atoms with E-state index in [2.05, 4.69) is 5.32 Å². The quantitative estimate of drug-likeness (QED) is 0.295. The van der Waals surface area contributed by atoms with Crippen LogP contribution in [0, 0.1) is 0 Å². The first kappa shape index (κ1) is 31.8. The van der Waals surface area contributed by atoms with Crippen molar-refractivity contribution in [1.29, 1.82) is 0 Å². The van der Waals surface area contributed by atoms with Gasteiger partial charge in [0, 0.05) is 18.8 Å². The standard InChI is InChI=1S/C35H34N4O7S/c1-22-31(33(41)37-25-9-5-4-6-10-25)32(24-8-7-11-26(20-24)43-2)39-34(42)29(47-35(39)36-22)19-23-12-13-27(28(18-23)44-3)46-21-30(40)38-14-16-45-17-15-38/h4-13,18-20,32H,14-17,21H2,1-3H3,(H,37,41)/b29-19+/t32-/m0/s1. The second-order valence-corrected chi connectivity index (χ2v) is 11.9. The Morgan fingerprint density at radius 2 is 1.79 bits per heavy atom. The van der Waals surface area contributed by atoms with Crippen molar-refractivity contribution in [1.82, 2.24) is 9.47 Å². The molecule has 3 heterocycles. The van der Waals surface area contributed by atoms with E-state index in [0.717, 1.165) is 0 Å². The number of benzene rings is 3. The van der Waals surface area contributed by atoms with Crippen molar-refractivity contribution in [2.75, 3.05) is 52.4 Å². The number of carbonyl (C=O) groups is 2. The molecule has 0 radical (unpaired) electrons. The molecule has 2 amide bonds. The second-order valence-electron chi connectivity index (χ2n) is 10.9. The predicted octanol–water partition coefficient (Wildman–Crippen LogP) is 3.13. The number of para-hydroxylation sites is 1. The second kappa shape index (κ2) is 14.1. The first-order chi connectivity index (χ1) is 22.9. The predicted molar refractivity (Wildman–Crippen MR) is 178 cm³/mol. The number of allylic oxidation sites excluding steroid dienone is 1. The molecular weight excluding hydrogens is 620 g/mol. The summed E-state index contributed by atoms with van der Waals surface area (Å²) in [6.07, 6.45) is 1.75. The Balaban J connectivity index is 1.35. The van der Waals surface area contributed by atoms with Gasteiger partial charge in [-0.1, -0.05) is 47.7 Å². The molecule has 2 aliphatic heterocycles. The Morgan fingerprint density at radius 3 is 2.53 bits per heavy atom. The minimum absolute atomic E-state index is 0.127. The number of nitrogens with one attached hydrogen (secondary N) is 1. The zero-order valence-corrected chi connectivity index (χ0v) is 27.0. The number of amides is 2. The number of methoxy groups -OCH3 is 2. The molecule has 11 nitrogen and oxygen atoms in total. The van der Waals surface area contributed by atoms with Gasteiger partial charge in [-0.25, -0.2) is 4.99 Å². The van der Waals surface area contributed by atoms with E-state index >= 15 is 0 Å². The van der Waals surface area contributed by atoms with Crippen LogP contribution >= 0.6 is 11.3 Å². The van der Waals surface area contributed by atoms with Crippen molar-refractivity contribution < 1.29 is 28.5 Å². The number of morpholine rings is 1. The molecule has 4 aromatic rings. The molecule has 1 N–H and O–H groups in total. The minimum Gasteiger partial charge on any atom is -0.497 e. The number of hydrogen-bond acceptors (Lipinski definition) is 9. The largest absolute Gasteiger partial charge is 0.497 e. The summed E-state index contributed by atoms with van der Waals surface area (Å²) in [5.74, 6) is 0.954. The number of fused-ring (bicyclic) bond motifs is 1. The van der Waals surface area contributed by atoms with Gasteiger partial charge in [0.05, 0.1) is 49.3 Å². The van der Waals surface area contributed by atoms with Crippen LogP contribution in [0.1, 0.15) is 24.1 Å². The zero-order chi connectivity index (χ0) is 32.9. The van der Waals surface area contributed by atoms with E-state index in [1.165, 1.54) is 18.4 Å². The number of rotatable bonds is 9. The van der Waals surface area contributed by atoms with Crippen LogP contribution in [-0.4, -0.2) is 68.4 Å². The average molecular weight is 655 g/mol. The third kappa shape index (κ3) is 6.83. The van der Waals surface area contributed by atoms with Crippen LogP contribution in [0.25, 0.3) is 6.08 Å². The van der Waals surface area contributed by atoms with Crippen LogP contribution < -0.4 is 34.4 Å². The zero-order valence-electron chi connectivity index (χ0n) is 26.2. The molecule has 6 rings (SSSR count). The number of ether oxygens (including phenoxy) is 4. The van der Waals surface area contributed by atoms with Gasteiger partial charge < -0.3 is 29.2 Å². The summed E-state index contributed by atoms with van der Waals surface area (Å²) in [5, 5.41) is 2.96. The Bertz CT molecular complexity index is 2010. The molecule has 12 heteroatoms. The van der Waals surface area contributed by atoms with Crippen LogP contribution in [-0.2, 0) is 14.3 Å². The fraction of sp³-hybridized carbons (Fsp3) is 0.257.